The molecule has 0 aromatic heterocycles. The molecule has 0 fully saturated rings. The van der Waals surface area contributed by atoms with Crippen molar-refractivity contribution in [3.05, 3.63) is 0 Å². The Kier molecular flexibility index (Phi) is 6.77. The molecule has 20 heavy (non-hydrogen) atoms. The SMILES string of the molecule is CCC(C)(C)CC(C)(C(=O)OCC(C)C)C(C)(C)CC. The third kappa shape index (κ3) is 4.79. The van der Waals surface area contributed by atoms with E-state index < -0.39 is 5.41 Å². The van der Waals surface area contributed by atoms with Crippen molar-refractivity contribution in [2.45, 2.75) is 81.6 Å². The zero-order chi connectivity index (χ0) is 16.2. The minimum Gasteiger partial charge on any atom is -0.465 e. The topological polar surface area (TPSA) is 26.3 Å². The van der Waals surface area contributed by atoms with E-state index in [2.05, 4.69) is 62.3 Å². The van der Waals surface area contributed by atoms with E-state index in [-0.39, 0.29) is 16.8 Å². The minimum atomic E-state index is -0.434. The van der Waals surface area contributed by atoms with Gasteiger partial charge in [-0.15, -0.1) is 0 Å². The van der Waals surface area contributed by atoms with Crippen molar-refractivity contribution in [1.82, 2.24) is 0 Å². The number of esters is 1. The normalized spacial score (nSPS) is 16.1. The van der Waals surface area contributed by atoms with Crippen molar-refractivity contribution in [2.75, 3.05) is 6.61 Å². The van der Waals surface area contributed by atoms with Crippen LogP contribution in [0.3, 0.4) is 0 Å². The lowest BCUT2D eigenvalue weighted by molar-refractivity contribution is -0.167. The average Bonchev–Trinajstić information content (AvgIpc) is 2.34. The molecule has 0 heterocycles. The molecule has 0 aromatic carbocycles. The van der Waals surface area contributed by atoms with E-state index in [0.717, 1.165) is 19.3 Å². The van der Waals surface area contributed by atoms with Crippen molar-refractivity contribution in [3.8, 4) is 0 Å². The first kappa shape index (κ1) is 19.5. The molecule has 0 amide bonds. The lowest BCUT2D eigenvalue weighted by atomic mass is 9.58. The van der Waals surface area contributed by atoms with Gasteiger partial charge < -0.3 is 4.74 Å². The molecule has 0 radical (unpaired) electrons. The summed E-state index contributed by atoms with van der Waals surface area (Å²) >= 11 is 0. The molecule has 1 unspecified atom stereocenters. The molecule has 0 aliphatic rings. The zero-order valence-corrected chi connectivity index (χ0v) is 15.2. The van der Waals surface area contributed by atoms with Gasteiger partial charge in [0.25, 0.3) is 0 Å². The Labute approximate surface area is 126 Å². The van der Waals surface area contributed by atoms with Gasteiger partial charge in [0, 0.05) is 0 Å². The van der Waals surface area contributed by atoms with E-state index in [1.165, 1.54) is 0 Å². The molecule has 0 saturated carbocycles. The lowest BCUT2D eigenvalue weighted by Gasteiger charge is -2.45. The Morgan fingerprint density at radius 3 is 1.85 bits per heavy atom. The van der Waals surface area contributed by atoms with E-state index in [4.69, 9.17) is 4.74 Å². The molecule has 0 aliphatic carbocycles. The minimum absolute atomic E-state index is 0.0282. The van der Waals surface area contributed by atoms with Gasteiger partial charge in [0.2, 0.25) is 0 Å². The monoisotopic (exact) mass is 284 g/mol. The second kappa shape index (κ2) is 6.95. The molecule has 0 spiro atoms. The van der Waals surface area contributed by atoms with Crippen LogP contribution in [0.1, 0.15) is 81.6 Å². The summed E-state index contributed by atoms with van der Waals surface area (Å²) in [5.74, 6) is 0.353. The van der Waals surface area contributed by atoms with Crippen LogP contribution in [0.5, 0.6) is 0 Å². The van der Waals surface area contributed by atoms with Crippen LogP contribution in [0.2, 0.25) is 0 Å². The first-order chi connectivity index (χ1) is 8.92. The predicted octanol–water partition coefficient (Wildman–Crippen LogP) is 5.45. The Balaban J connectivity index is 5.32. The van der Waals surface area contributed by atoms with Gasteiger partial charge in [-0.05, 0) is 36.5 Å². The van der Waals surface area contributed by atoms with Crippen LogP contribution in [0.15, 0.2) is 0 Å². The first-order valence-corrected chi connectivity index (χ1v) is 8.09. The number of hydrogen-bond acceptors (Lipinski definition) is 2. The summed E-state index contributed by atoms with van der Waals surface area (Å²) < 4.78 is 5.61. The summed E-state index contributed by atoms with van der Waals surface area (Å²) in [4.78, 5) is 12.7. The van der Waals surface area contributed by atoms with Crippen molar-refractivity contribution < 1.29 is 9.53 Å². The Bertz CT molecular complexity index is 315. The first-order valence-electron chi connectivity index (χ1n) is 8.09. The molecule has 120 valence electrons. The molecule has 1 atom stereocenters. The van der Waals surface area contributed by atoms with Gasteiger partial charge in [0.1, 0.15) is 0 Å². The second-order valence-corrected chi connectivity index (χ2v) is 8.26. The standard InChI is InChI=1S/C18H36O2/c1-10-16(5,6)13-18(9,17(7,8)11-2)15(19)20-12-14(3)4/h14H,10-13H2,1-9H3. The van der Waals surface area contributed by atoms with Crippen LogP contribution >= 0.6 is 0 Å². The molecule has 0 bridgehead atoms. The number of carbonyl (C=O) groups is 1. The van der Waals surface area contributed by atoms with Crippen molar-refractivity contribution in [2.24, 2.45) is 22.2 Å². The van der Waals surface area contributed by atoms with E-state index in [0.29, 0.717) is 12.5 Å². The molecule has 0 N–H and O–H groups in total. The van der Waals surface area contributed by atoms with Gasteiger partial charge in [0.15, 0.2) is 0 Å². The summed E-state index contributed by atoms with van der Waals surface area (Å²) in [6.07, 6.45) is 2.91. The van der Waals surface area contributed by atoms with E-state index >= 15 is 0 Å². The van der Waals surface area contributed by atoms with Gasteiger partial charge in [0.05, 0.1) is 12.0 Å². The molecule has 0 rings (SSSR count). The Morgan fingerprint density at radius 2 is 1.50 bits per heavy atom. The highest BCUT2D eigenvalue weighted by atomic mass is 16.5. The predicted molar refractivity (Wildman–Crippen MR) is 86.7 cm³/mol. The van der Waals surface area contributed by atoms with Gasteiger partial charge in [-0.2, -0.15) is 0 Å². The molecular formula is C18H36O2. The largest absolute Gasteiger partial charge is 0.465 e. The van der Waals surface area contributed by atoms with Crippen LogP contribution in [-0.4, -0.2) is 12.6 Å². The summed E-state index contributed by atoms with van der Waals surface area (Å²) in [5, 5.41) is 0. The third-order valence-corrected chi connectivity index (χ3v) is 5.17. The van der Waals surface area contributed by atoms with Crippen LogP contribution < -0.4 is 0 Å². The zero-order valence-electron chi connectivity index (χ0n) is 15.2. The number of ether oxygens (including phenoxy) is 1. The van der Waals surface area contributed by atoms with Crippen LogP contribution in [0, 0.1) is 22.2 Å². The smallest absolute Gasteiger partial charge is 0.312 e. The van der Waals surface area contributed by atoms with Gasteiger partial charge in [-0.25, -0.2) is 0 Å². The van der Waals surface area contributed by atoms with Gasteiger partial charge in [-0.1, -0.05) is 61.8 Å². The highest BCUT2D eigenvalue weighted by Crippen LogP contribution is 2.50. The van der Waals surface area contributed by atoms with Crippen molar-refractivity contribution >= 4 is 5.97 Å². The van der Waals surface area contributed by atoms with Gasteiger partial charge >= 0.3 is 5.97 Å². The lowest BCUT2D eigenvalue weighted by Crippen LogP contribution is -2.46. The fourth-order valence-corrected chi connectivity index (χ4v) is 2.46. The Morgan fingerprint density at radius 1 is 1.00 bits per heavy atom. The molecule has 2 heteroatoms. The van der Waals surface area contributed by atoms with Gasteiger partial charge in [-0.3, -0.25) is 4.79 Å². The van der Waals surface area contributed by atoms with E-state index in [9.17, 15) is 4.79 Å². The summed E-state index contributed by atoms with van der Waals surface area (Å²) in [6, 6.07) is 0. The fraction of sp³-hybridized carbons (Fsp3) is 0.944. The maximum Gasteiger partial charge on any atom is 0.312 e. The highest BCUT2D eigenvalue weighted by Gasteiger charge is 2.49. The maximum absolute atomic E-state index is 12.7. The molecule has 0 saturated heterocycles. The van der Waals surface area contributed by atoms with E-state index in [1.54, 1.807) is 0 Å². The summed E-state index contributed by atoms with van der Waals surface area (Å²) in [6.45, 7) is 20.0. The third-order valence-electron chi connectivity index (χ3n) is 5.17. The molecule has 0 aromatic rings. The Hall–Kier alpha value is -0.530. The second-order valence-electron chi connectivity index (χ2n) is 8.26. The van der Waals surface area contributed by atoms with Crippen LogP contribution in [-0.2, 0) is 9.53 Å². The summed E-state index contributed by atoms with van der Waals surface area (Å²) in [7, 11) is 0. The number of rotatable bonds is 8. The van der Waals surface area contributed by atoms with E-state index in [1.807, 2.05) is 0 Å². The molecular weight excluding hydrogens is 248 g/mol. The van der Waals surface area contributed by atoms with Crippen molar-refractivity contribution in [1.29, 1.82) is 0 Å². The number of hydrogen-bond donors (Lipinski definition) is 0. The van der Waals surface area contributed by atoms with Crippen LogP contribution in [0.25, 0.3) is 0 Å². The molecule has 2 nitrogen and oxygen atoms in total. The highest BCUT2D eigenvalue weighted by molar-refractivity contribution is 5.77. The quantitative estimate of drug-likeness (QED) is 0.554. The number of carbonyl (C=O) groups excluding carboxylic acids is 1. The van der Waals surface area contributed by atoms with Crippen molar-refractivity contribution in [3.63, 3.8) is 0 Å². The fourth-order valence-electron chi connectivity index (χ4n) is 2.46. The maximum atomic E-state index is 12.7. The summed E-state index contributed by atoms with van der Waals surface area (Å²) in [5.41, 5.74) is -0.346. The average molecular weight is 284 g/mol. The van der Waals surface area contributed by atoms with Crippen LogP contribution in [0.4, 0.5) is 0 Å². The molecule has 0 aliphatic heterocycles.